The summed E-state index contributed by atoms with van der Waals surface area (Å²) >= 11 is 0. The van der Waals surface area contributed by atoms with Crippen LogP contribution in [0.4, 0.5) is 29.5 Å². The summed E-state index contributed by atoms with van der Waals surface area (Å²) in [6.45, 7) is 2.26. The van der Waals surface area contributed by atoms with Crippen molar-refractivity contribution in [2.24, 2.45) is 15.8 Å². The van der Waals surface area contributed by atoms with Crippen LogP contribution in [0.5, 0.6) is 0 Å². The summed E-state index contributed by atoms with van der Waals surface area (Å²) < 4.78 is 44.5. The van der Waals surface area contributed by atoms with Gasteiger partial charge in [0.25, 0.3) is 0 Å². The highest BCUT2D eigenvalue weighted by Gasteiger charge is 2.45. The molecule has 4 heterocycles. The van der Waals surface area contributed by atoms with Crippen molar-refractivity contribution in [1.82, 2.24) is 20.2 Å². The Balaban J connectivity index is 1.36. The van der Waals surface area contributed by atoms with Gasteiger partial charge in [-0.1, -0.05) is 12.1 Å². The monoisotopic (exact) mass is 571 g/mol. The van der Waals surface area contributed by atoms with Gasteiger partial charge in [-0.15, -0.1) is 0 Å². The maximum Gasteiger partial charge on any atom is 0.416 e. The maximum absolute atomic E-state index is 13.0. The number of carbonyl (C=O) groups is 2. The second-order valence-electron chi connectivity index (χ2n) is 9.65. The molecule has 1 unspecified atom stereocenters. The zero-order valence-electron chi connectivity index (χ0n) is 22.0. The van der Waals surface area contributed by atoms with Crippen molar-refractivity contribution in [3.63, 3.8) is 0 Å². The van der Waals surface area contributed by atoms with Gasteiger partial charge in [-0.2, -0.15) is 18.3 Å². The number of fused-ring (bicyclic) bond motifs is 1. The number of piperazine rings is 1. The number of aliphatic imine (C=N–C) groups is 1. The van der Waals surface area contributed by atoms with E-state index in [0.717, 1.165) is 35.2 Å². The number of nitrogens with zero attached hydrogens (tertiary/aromatic N) is 5. The number of pyridine rings is 1. The lowest BCUT2D eigenvalue weighted by molar-refractivity contribution is -0.137. The standard InChI is InChI=1S/C26H28F3N9O3/c1-41-13-18-19(11-37-9-8-32-21(39)12-37)38-23(24(30)33-14-34-38)22(18)15-2-4-17(5-3-15)35-25(40)36-20-10-16(6-7-31-20)26(27,28)29/h2-7,10,14,22-23H,8-9,11-13H2,1H3,(H,32,39)(H2,30,33,34)(H2,31,35,36,40)/t22?,23-/m0/s1. The predicted molar refractivity (Wildman–Crippen MR) is 145 cm³/mol. The lowest BCUT2D eigenvalue weighted by Crippen LogP contribution is -2.50. The summed E-state index contributed by atoms with van der Waals surface area (Å²) in [5, 5.41) is 14.1. The zero-order valence-corrected chi connectivity index (χ0v) is 22.0. The number of nitrogens with two attached hydrogens (primary N) is 1. The molecule has 2 atom stereocenters. The average molecular weight is 572 g/mol. The number of aromatic nitrogens is 1. The van der Waals surface area contributed by atoms with Crippen molar-refractivity contribution in [2.75, 3.05) is 50.5 Å². The van der Waals surface area contributed by atoms with E-state index in [-0.39, 0.29) is 24.2 Å². The van der Waals surface area contributed by atoms with Crippen LogP contribution in [0.25, 0.3) is 0 Å². The first-order valence-corrected chi connectivity index (χ1v) is 12.7. The van der Waals surface area contributed by atoms with Crippen molar-refractivity contribution in [1.29, 1.82) is 0 Å². The van der Waals surface area contributed by atoms with E-state index in [9.17, 15) is 22.8 Å². The molecular formula is C26H28F3N9O3. The number of amidine groups is 1. The highest BCUT2D eigenvalue weighted by Crippen LogP contribution is 2.43. The van der Waals surface area contributed by atoms with Gasteiger partial charge in [0.05, 0.1) is 24.4 Å². The zero-order chi connectivity index (χ0) is 29.1. The Bertz CT molecular complexity index is 1410. The SMILES string of the molecule is COCC1=C(CN2CCNC(=O)C2)N2N=CN=C(N)[C@@H]2C1c1ccc(NC(=O)Nc2cc(C(F)(F)F)ccn2)cc1. The van der Waals surface area contributed by atoms with Crippen LogP contribution < -0.4 is 21.7 Å². The predicted octanol–water partition coefficient (Wildman–Crippen LogP) is 2.16. The van der Waals surface area contributed by atoms with Crippen LogP contribution >= 0.6 is 0 Å². The summed E-state index contributed by atoms with van der Waals surface area (Å²) in [4.78, 5) is 34.5. The lowest BCUT2D eigenvalue weighted by atomic mass is 9.86. The summed E-state index contributed by atoms with van der Waals surface area (Å²) in [6.07, 6.45) is -2.19. The van der Waals surface area contributed by atoms with Gasteiger partial charge in [-0.3, -0.25) is 20.0 Å². The molecule has 0 bridgehead atoms. The van der Waals surface area contributed by atoms with Crippen molar-refractivity contribution in [2.45, 2.75) is 18.1 Å². The van der Waals surface area contributed by atoms with E-state index < -0.39 is 23.8 Å². The second-order valence-corrected chi connectivity index (χ2v) is 9.65. The normalized spacial score (nSPS) is 20.9. The number of hydrogen-bond acceptors (Lipinski definition) is 9. The molecule has 0 aliphatic carbocycles. The molecule has 5 rings (SSSR count). The number of ether oxygens (including phenoxy) is 1. The van der Waals surface area contributed by atoms with E-state index in [4.69, 9.17) is 10.5 Å². The summed E-state index contributed by atoms with van der Waals surface area (Å²) in [6, 6.07) is 7.41. The topological polar surface area (TPSA) is 150 Å². The molecule has 2 aromatic rings. The van der Waals surface area contributed by atoms with E-state index in [2.05, 4.69) is 31.0 Å². The Morgan fingerprint density at radius 3 is 2.71 bits per heavy atom. The average Bonchev–Trinajstić information content (AvgIpc) is 3.23. The molecule has 0 radical (unpaired) electrons. The van der Waals surface area contributed by atoms with Crippen LogP contribution in [-0.2, 0) is 15.7 Å². The Morgan fingerprint density at radius 1 is 1.22 bits per heavy atom. The number of nitrogens with one attached hydrogen (secondary N) is 3. The highest BCUT2D eigenvalue weighted by atomic mass is 19.4. The number of urea groups is 1. The maximum atomic E-state index is 13.0. The van der Waals surface area contributed by atoms with E-state index in [1.807, 2.05) is 22.0 Å². The lowest BCUT2D eigenvalue weighted by Gasteiger charge is -2.32. The minimum Gasteiger partial charge on any atom is -0.385 e. The molecule has 1 aromatic heterocycles. The molecule has 216 valence electrons. The van der Waals surface area contributed by atoms with E-state index >= 15 is 0 Å². The summed E-state index contributed by atoms with van der Waals surface area (Å²) in [5.74, 6) is -0.182. The molecule has 0 spiro atoms. The molecule has 0 saturated carbocycles. The second kappa shape index (κ2) is 11.5. The van der Waals surface area contributed by atoms with Crippen LogP contribution in [0.3, 0.4) is 0 Å². The number of amides is 3. The summed E-state index contributed by atoms with van der Waals surface area (Å²) in [5.41, 5.74) is 8.53. The van der Waals surface area contributed by atoms with E-state index in [1.165, 1.54) is 6.34 Å². The Labute approximate surface area is 233 Å². The fraction of sp³-hybridized carbons (Fsp3) is 0.346. The van der Waals surface area contributed by atoms with Crippen LogP contribution in [0.15, 0.2) is 64.0 Å². The molecule has 41 heavy (non-hydrogen) atoms. The van der Waals surface area contributed by atoms with Crippen LogP contribution in [0.2, 0.25) is 0 Å². The van der Waals surface area contributed by atoms with Crippen LogP contribution in [0, 0.1) is 0 Å². The minimum absolute atomic E-state index is 0.0459. The molecule has 1 saturated heterocycles. The highest BCUT2D eigenvalue weighted by molar-refractivity contribution is 5.99. The molecule has 3 aliphatic heterocycles. The third kappa shape index (κ3) is 6.15. The Kier molecular flexibility index (Phi) is 7.90. The first-order chi connectivity index (χ1) is 19.6. The number of hydrazone groups is 1. The van der Waals surface area contributed by atoms with Crippen LogP contribution in [0.1, 0.15) is 17.0 Å². The number of methoxy groups -OCH3 is 1. The fourth-order valence-corrected chi connectivity index (χ4v) is 5.14. The van der Waals surface area contributed by atoms with Crippen LogP contribution in [-0.4, -0.2) is 84.9 Å². The quantitative estimate of drug-likeness (QED) is 0.398. The molecular weight excluding hydrogens is 543 g/mol. The largest absolute Gasteiger partial charge is 0.416 e. The smallest absolute Gasteiger partial charge is 0.385 e. The van der Waals surface area contributed by atoms with Gasteiger partial charge in [0.1, 0.15) is 24.0 Å². The molecule has 3 amide bonds. The van der Waals surface area contributed by atoms with Crippen molar-refractivity contribution >= 4 is 35.6 Å². The van der Waals surface area contributed by atoms with Crippen molar-refractivity contribution in [3.05, 3.63) is 65.0 Å². The molecule has 5 N–H and O–H groups in total. The van der Waals surface area contributed by atoms with Gasteiger partial charge in [0.2, 0.25) is 5.91 Å². The molecule has 15 heteroatoms. The third-order valence-electron chi connectivity index (χ3n) is 6.93. The van der Waals surface area contributed by atoms with Gasteiger partial charge >= 0.3 is 12.2 Å². The van der Waals surface area contributed by atoms with Gasteiger partial charge in [0.15, 0.2) is 0 Å². The number of alkyl halides is 3. The first kappa shape index (κ1) is 28.0. The van der Waals surface area contributed by atoms with Crippen molar-refractivity contribution in [3.8, 4) is 0 Å². The molecule has 1 fully saturated rings. The summed E-state index contributed by atoms with van der Waals surface area (Å²) in [7, 11) is 1.60. The number of benzene rings is 1. The minimum atomic E-state index is -4.56. The number of anilines is 2. The Hall–Kier alpha value is -4.50. The number of rotatable bonds is 7. The molecule has 1 aromatic carbocycles. The van der Waals surface area contributed by atoms with Gasteiger partial charge in [-0.25, -0.2) is 14.8 Å². The van der Waals surface area contributed by atoms with Gasteiger partial charge < -0.3 is 21.1 Å². The van der Waals surface area contributed by atoms with Gasteiger partial charge in [0, 0.05) is 44.5 Å². The van der Waals surface area contributed by atoms with E-state index in [1.54, 1.807) is 19.2 Å². The molecule has 3 aliphatic rings. The first-order valence-electron chi connectivity index (χ1n) is 12.7. The molecule has 12 nitrogen and oxygen atoms in total. The number of carbonyl (C=O) groups excluding carboxylic acids is 2. The Morgan fingerprint density at radius 2 is 2.00 bits per heavy atom. The van der Waals surface area contributed by atoms with E-state index in [0.29, 0.717) is 37.8 Å². The number of halogens is 3. The number of hydrogen-bond donors (Lipinski definition) is 4. The van der Waals surface area contributed by atoms with Gasteiger partial charge in [-0.05, 0) is 35.4 Å². The third-order valence-corrected chi connectivity index (χ3v) is 6.93. The fourth-order valence-electron chi connectivity index (χ4n) is 5.14. The van der Waals surface area contributed by atoms with Crippen molar-refractivity contribution < 1.29 is 27.5 Å².